The van der Waals surface area contributed by atoms with Crippen LogP contribution in [0.25, 0.3) is 0 Å². The van der Waals surface area contributed by atoms with Crippen LogP contribution < -0.4 is 0 Å². The van der Waals surface area contributed by atoms with E-state index in [0.717, 1.165) is 12.8 Å². The highest BCUT2D eigenvalue weighted by atomic mass is 28.3. The Morgan fingerprint density at radius 2 is 2.20 bits per heavy atom. The first-order valence-electron chi connectivity index (χ1n) is 3.89. The average molecular weight is 156 g/mol. The van der Waals surface area contributed by atoms with E-state index < -0.39 is 8.07 Å². The standard InChI is InChI=1S/C8H16OSi/c1-7-6-8(9)4-5-10(7,2)3/h8-9H,1,4-6H2,2-3H3/t8-/m1/s1. The van der Waals surface area contributed by atoms with E-state index in [2.05, 4.69) is 19.7 Å². The number of rotatable bonds is 0. The predicted molar refractivity (Wildman–Crippen MR) is 46.7 cm³/mol. The zero-order valence-corrected chi connectivity index (χ0v) is 7.85. The lowest BCUT2D eigenvalue weighted by atomic mass is 10.2. The van der Waals surface area contributed by atoms with Gasteiger partial charge in [0.15, 0.2) is 0 Å². The average Bonchev–Trinajstić information content (AvgIpc) is 1.81. The second-order valence-corrected chi connectivity index (χ2v) is 8.86. The minimum absolute atomic E-state index is 0.0898. The molecule has 1 saturated heterocycles. The van der Waals surface area contributed by atoms with Gasteiger partial charge < -0.3 is 5.11 Å². The first kappa shape index (κ1) is 8.02. The predicted octanol–water partition coefficient (Wildman–Crippen LogP) is 1.94. The van der Waals surface area contributed by atoms with Crippen LogP contribution in [0.15, 0.2) is 11.8 Å². The van der Waals surface area contributed by atoms with E-state index in [9.17, 15) is 5.11 Å². The topological polar surface area (TPSA) is 20.2 Å². The van der Waals surface area contributed by atoms with Crippen LogP contribution in [0.5, 0.6) is 0 Å². The fourth-order valence-corrected chi connectivity index (χ4v) is 3.56. The first-order valence-corrected chi connectivity index (χ1v) is 7.09. The summed E-state index contributed by atoms with van der Waals surface area (Å²) in [7, 11) is -1.09. The molecule has 0 amide bonds. The van der Waals surface area contributed by atoms with Crippen molar-refractivity contribution in [3.63, 3.8) is 0 Å². The van der Waals surface area contributed by atoms with Crippen molar-refractivity contribution in [1.29, 1.82) is 0 Å². The Kier molecular flexibility index (Phi) is 2.01. The zero-order valence-electron chi connectivity index (χ0n) is 6.85. The lowest BCUT2D eigenvalue weighted by molar-refractivity contribution is 0.168. The molecule has 58 valence electrons. The van der Waals surface area contributed by atoms with E-state index in [1.54, 1.807) is 0 Å². The molecular formula is C8H16OSi. The Bertz CT molecular complexity index is 151. The Hall–Kier alpha value is -0.0831. The van der Waals surface area contributed by atoms with Gasteiger partial charge >= 0.3 is 0 Å². The second-order valence-electron chi connectivity index (χ2n) is 3.88. The monoisotopic (exact) mass is 156 g/mol. The van der Waals surface area contributed by atoms with Crippen molar-refractivity contribution in [2.75, 3.05) is 0 Å². The number of aliphatic hydroxyl groups is 1. The molecule has 10 heavy (non-hydrogen) atoms. The zero-order chi connectivity index (χ0) is 7.78. The highest BCUT2D eigenvalue weighted by Crippen LogP contribution is 2.30. The van der Waals surface area contributed by atoms with Crippen LogP contribution in [-0.2, 0) is 0 Å². The largest absolute Gasteiger partial charge is 0.393 e. The van der Waals surface area contributed by atoms with Crippen molar-refractivity contribution in [2.24, 2.45) is 0 Å². The lowest BCUT2D eigenvalue weighted by Gasteiger charge is -2.32. The summed E-state index contributed by atoms with van der Waals surface area (Å²) in [6.45, 7) is 8.69. The van der Waals surface area contributed by atoms with Gasteiger partial charge in [0.2, 0.25) is 0 Å². The van der Waals surface area contributed by atoms with Crippen molar-refractivity contribution < 1.29 is 5.11 Å². The van der Waals surface area contributed by atoms with E-state index in [0.29, 0.717) is 0 Å². The first-order chi connectivity index (χ1) is 4.52. The van der Waals surface area contributed by atoms with Crippen molar-refractivity contribution in [1.82, 2.24) is 0 Å². The molecule has 0 aromatic carbocycles. The molecule has 1 fully saturated rings. The fourth-order valence-electron chi connectivity index (χ4n) is 1.37. The van der Waals surface area contributed by atoms with Crippen LogP contribution in [-0.4, -0.2) is 19.3 Å². The van der Waals surface area contributed by atoms with Gasteiger partial charge in [-0.2, -0.15) is 0 Å². The summed E-state index contributed by atoms with van der Waals surface area (Å²) in [5, 5.41) is 10.6. The molecule has 0 bridgehead atoms. The molecule has 1 atom stereocenters. The molecule has 0 aromatic rings. The summed E-state index contributed by atoms with van der Waals surface area (Å²) in [4.78, 5) is 0. The maximum absolute atomic E-state index is 9.27. The van der Waals surface area contributed by atoms with Crippen LogP contribution in [0, 0.1) is 0 Å². The van der Waals surface area contributed by atoms with Crippen molar-refractivity contribution in [3.8, 4) is 0 Å². The smallest absolute Gasteiger partial charge is 0.0749 e. The third-order valence-electron chi connectivity index (χ3n) is 2.54. The SMILES string of the molecule is C=C1C[C@H](O)CC[Si]1(C)C. The molecule has 1 aliphatic heterocycles. The molecular weight excluding hydrogens is 140 g/mol. The minimum atomic E-state index is -1.09. The molecule has 1 nitrogen and oxygen atoms in total. The molecule has 1 heterocycles. The van der Waals surface area contributed by atoms with Crippen LogP contribution in [0.2, 0.25) is 19.1 Å². The summed E-state index contributed by atoms with van der Waals surface area (Å²) in [5.74, 6) is 0. The summed E-state index contributed by atoms with van der Waals surface area (Å²) in [5.41, 5.74) is 0. The molecule has 0 saturated carbocycles. The van der Waals surface area contributed by atoms with Crippen LogP contribution in [0.1, 0.15) is 12.8 Å². The van der Waals surface area contributed by atoms with E-state index in [1.165, 1.54) is 11.2 Å². The second kappa shape index (κ2) is 2.51. The van der Waals surface area contributed by atoms with Crippen LogP contribution in [0.3, 0.4) is 0 Å². The van der Waals surface area contributed by atoms with E-state index in [-0.39, 0.29) is 6.10 Å². The van der Waals surface area contributed by atoms with Crippen LogP contribution in [0.4, 0.5) is 0 Å². The number of hydrogen-bond acceptors (Lipinski definition) is 1. The van der Waals surface area contributed by atoms with Crippen molar-refractivity contribution in [2.45, 2.75) is 38.1 Å². The Morgan fingerprint density at radius 1 is 1.60 bits per heavy atom. The normalized spacial score (nSPS) is 32.3. The van der Waals surface area contributed by atoms with Gasteiger partial charge in [-0.25, -0.2) is 0 Å². The van der Waals surface area contributed by atoms with Gasteiger partial charge in [0.1, 0.15) is 0 Å². The molecule has 1 rings (SSSR count). The van der Waals surface area contributed by atoms with Crippen molar-refractivity contribution in [3.05, 3.63) is 11.8 Å². The summed E-state index contributed by atoms with van der Waals surface area (Å²) >= 11 is 0. The van der Waals surface area contributed by atoms with E-state index in [1.807, 2.05) is 0 Å². The summed E-state index contributed by atoms with van der Waals surface area (Å²) < 4.78 is 0. The molecule has 0 aliphatic carbocycles. The van der Waals surface area contributed by atoms with Gasteiger partial charge in [-0.1, -0.05) is 24.3 Å². The Balaban J connectivity index is 2.61. The number of aliphatic hydroxyl groups excluding tert-OH is 1. The highest BCUT2D eigenvalue weighted by Gasteiger charge is 2.30. The highest BCUT2D eigenvalue weighted by molar-refractivity contribution is 6.84. The van der Waals surface area contributed by atoms with Gasteiger partial charge in [-0.3, -0.25) is 0 Å². The molecule has 1 N–H and O–H groups in total. The molecule has 0 radical (unpaired) electrons. The molecule has 0 unspecified atom stereocenters. The Labute approximate surface area is 63.8 Å². The molecule has 0 spiro atoms. The third-order valence-corrected chi connectivity index (χ3v) is 6.20. The van der Waals surface area contributed by atoms with E-state index >= 15 is 0 Å². The fraction of sp³-hybridized carbons (Fsp3) is 0.750. The summed E-state index contributed by atoms with van der Waals surface area (Å²) in [6, 6.07) is 1.22. The molecule has 1 aliphatic rings. The quantitative estimate of drug-likeness (QED) is 0.531. The van der Waals surface area contributed by atoms with Gasteiger partial charge in [0.25, 0.3) is 0 Å². The van der Waals surface area contributed by atoms with Gasteiger partial charge in [-0.05, 0) is 12.8 Å². The van der Waals surface area contributed by atoms with E-state index in [4.69, 9.17) is 0 Å². The molecule has 0 aromatic heterocycles. The number of hydrogen-bond donors (Lipinski definition) is 1. The van der Waals surface area contributed by atoms with Gasteiger partial charge in [-0.15, -0.1) is 6.58 Å². The lowest BCUT2D eigenvalue weighted by Crippen LogP contribution is -2.36. The van der Waals surface area contributed by atoms with Gasteiger partial charge in [0.05, 0.1) is 14.2 Å². The minimum Gasteiger partial charge on any atom is -0.393 e. The third kappa shape index (κ3) is 1.50. The maximum atomic E-state index is 9.27. The van der Waals surface area contributed by atoms with Crippen LogP contribution >= 0.6 is 0 Å². The summed E-state index contributed by atoms with van der Waals surface area (Å²) in [6.07, 6.45) is 1.77. The van der Waals surface area contributed by atoms with Gasteiger partial charge in [0, 0.05) is 0 Å². The molecule has 2 heteroatoms. The van der Waals surface area contributed by atoms with Crippen molar-refractivity contribution >= 4 is 8.07 Å². The Morgan fingerprint density at radius 3 is 2.60 bits per heavy atom. The maximum Gasteiger partial charge on any atom is 0.0749 e.